The van der Waals surface area contributed by atoms with Crippen molar-refractivity contribution in [1.82, 2.24) is 0 Å². The van der Waals surface area contributed by atoms with Crippen molar-refractivity contribution >= 4 is 22.6 Å². The minimum Gasteiger partial charge on any atom is -0.103 e. The third kappa shape index (κ3) is 6.47. The maximum absolute atomic E-state index is 3.66. The molecule has 0 N–H and O–H groups in total. The summed E-state index contributed by atoms with van der Waals surface area (Å²) in [5.74, 6) is 0. The molecule has 0 saturated carbocycles. The second kappa shape index (κ2) is 5.60. The van der Waals surface area contributed by atoms with Crippen molar-refractivity contribution in [3.8, 4) is 0 Å². The highest BCUT2D eigenvalue weighted by atomic mass is 127. The highest BCUT2D eigenvalue weighted by Crippen LogP contribution is 2.08. The average molecular weight is 224 g/mol. The van der Waals surface area contributed by atoms with Crippen LogP contribution in [0.5, 0.6) is 0 Å². The first-order valence-corrected chi connectivity index (χ1v) is 4.27. The molecule has 0 bridgehead atoms. The number of hydrogen-bond acceptors (Lipinski definition) is 0. The van der Waals surface area contributed by atoms with Crippen LogP contribution in [-0.2, 0) is 0 Å². The molecule has 1 heteroatoms. The smallest absolute Gasteiger partial charge is 0.00814 e. The third-order valence-electron chi connectivity index (χ3n) is 1.01. The highest BCUT2D eigenvalue weighted by molar-refractivity contribution is 14.1. The predicted molar refractivity (Wildman–Crippen MR) is 47.5 cm³/mol. The summed E-state index contributed by atoms with van der Waals surface area (Å²) in [6, 6.07) is 0. The quantitative estimate of drug-likeness (QED) is 0.298. The number of rotatable bonds is 4. The fraction of sp³-hybridized carbons (Fsp3) is 0.714. The van der Waals surface area contributed by atoms with Crippen LogP contribution in [0.25, 0.3) is 0 Å². The Hall–Kier alpha value is 0.470. The van der Waals surface area contributed by atoms with Crippen LogP contribution < -0.4 is 0 Å². The van der Waals surface area contributed by atoms with E-state index in [1.807, 2.05) is 6.08 Å². The Bertz CT molecular complexity index is 57.4. The van der Waals surface area contributed by atoms with Gasteiger partial charge in [0.15, 0.2) is 0 Å². The summed E-state index contributed by atoms with van der Waals surface area (Å²) in [6.45, 7) is 5.89. The molecule has 1 unspecified atom stereocenters. The molecule has 8 heavy (non-hydrogen) atoms. The van der Waals surface area contributed by atoms with Crippen molar-refractivity contribution in [3.05, 3.63) is 12.7 Å². The molecule has 1 atom stereocenters. The molecule has 0 heterocycles. The van der Waals surface area contributed by atoms with Crippen molar-refractivity contribution in [1.29, 1.82) is 0 Å². The van der Waals surface area contributed by atoms with Crippen molar-refractivity contribution in [3.63, 3.8) is 0 Å². The van der Waals surface area contributed by atoms with E-state index in [2.05, 4.69) is 36.1 Å². The lowest BCUT2D eigenvalue weighted by atomic mass is 10.2. The van der Waals surface area contributed by atoms with E-state index >= 15 is 0 Å². The Morgan fingerprint density at radius 2 is 2.38 bits per heavy atom. The van der Waals surface area contributed by atoms with Crippen molar-refractivity contribution in [2.24, 2.45) is 0 Å². The van der Waals surface area contributed by atoms with Gasteiger partial charge in [0, 0.05) is 3.92 Å². The Morgan fingerprint density at radius 1 is 1.75 bits per heavy atom. The van der Waals surface area contributed by atoms with E-state index in [1.54, 1.807) is 0 Å². The maximum atomic E-state index is 3.66. The van der Waals surface area contributed by atoms with Gasteiger partial charge >= 0.3 is 0 Å². The minimum absolute atomic E-state index is 0.826. The molecule has 0 aliphatic carbocycles. The van der Waals surface area contributed by atoms with Crippen LogP contribution in [0.15, 0.2) is 12.7 Å². The van der Waals surface area contributed by atoms with Gasteiger partial charge in [-0.2, -0.15) is 0 Å². The minimum atomic E-state index is 0.826. The van der Waals surface area contributed by atoms with Crippen LogP contribution in [0.3, 0.4) is 0 Å². The molecule has 0 rings (SSSR count). The zero-order valence-corrected chi connectivity index (χ0v) is 7.52. The standard InChI is InChI=1S/C7H13I/c1-3-4-5-6-7(2)8/h3,7H,1,4-6H2,2H3. The van der Waals surface area contributed by atoms with Crippen LogP contribution in [0, 0.1) is 0 Å². The van der Waals surface area contributed by atoms with E-state index in [0.29, 0.717) is 0 Å². The fourth-order valence-electron chi connectivity index (χ4n) is 0.543. The average Bonchev–Trinajstić information content (AvgIpc) is 1.66. The van der Waals surface area contributed by atoms with Crippen molar-refractivity contribution in [2.45, 2.75) is 30.1 Å². The maximum Gasteiger partial charge on any atom is 0.00814 e. The summed E-state index contributed by atoms with van der Waals surface area (Å²) in [7, 11) is 0. The van der Waals surface area contributed by atoms with E-state index in [-0.39, 0.29) is 0 Å². The molecule has 0 aliphatic heterocycles. The lowest BCUT2D eigenvalue weighted by Crippen LogP contribution is -1.86. The first-order chi connectivity index (χ1) is 3.77. The second-order valence-corrected chi connectivity index (χ2v) is 4.13. The van der Waals surface area contributed by atoms with Gasteiger partial charge in [0.25, 0.3) is 0 Å². The van der Waals surface area contributed by atoms with Gasteiger partial charge in [-0.25, -0.2) is 0 Å². The summed E-state index contributed by atoms with van der Waals surface area (Å²) in [6.07, 6.45) is 5.78. The Labute approximate surface area is 65.5 Å². The van der Waals surface area contributed by atoms with E-state index in [4.69, 9.17) is 0 Å². The fourth-order valence-corrected chi connectivity index (χ4v) is 0.984. The molecule has 0 amide bonds. The number of allylic oxidation sites excluding steroid dienone is 1. The number of hydrogen-bond donors (Lipinski definition) is 0. The Morgan fingerprint density at radius 3 is 2.75 bits per heavy atom. The van der Waals surface area contributed by atoms with Gasteiger partial charge in [0.2, 0.25) is 0 Å². The van der Waals surface area contributed by atoms with Gasteiger partial charge in [0.1, 0.15) is 0 Å². The zero-order valence-electron chi connectivity index (χ0n) is 5.36. The number of halogens is 1. The second-order valence-electron chi connectivity index (χ2n) is 2.00. The third-order valence-corrected chi connectivity index (χ3v) is 1.63. The topological polar surface area (TPSA) is 0 Å². The zero-order chi connectivity index (χ0) is 6.41. The summed E-state index contributed by atoms with van der Waals surface area (Å²) in [5.41, 5.74) is 0. The van der Waals surface area contributed by atoms with Gasteiger partial charge in [-0.05, 0) is 19.3 Å². The Balaban J connectivity index is 2.81. The van der Waals surface area contributed by atoms with Crippen LogP contribution in [0.1, 0.15) is 26.2 Å². The van der Waals surface area contributed by atoms with Crippen LogP contribution >= 0.6 is 22.6 Å². The van der Waals surface area contributed by atoms with E-state index in [9.17, 15) is 0 Å². The Kier molecular flexibility index (Phi) is 5.93. The molecule has 0 aliphatic rings. The van der Waals surface area contributed by atoms with E-state index in [1.165, 1.54) is 19.3 Å². The molecule has 0 aromatic carbocycles. The molecule has 0 aromatic rings. The van der Waals surface area contributed by atoms with Crippen LogP contribution in [-0.4, -0.2) is 3.92 Å². The van der Waals surface area contributed by atoms with Crippen LogP contribution in [0.2, 0.25) is 0 Å². The van der Waals surface area contributed by atoms with Gasteiger partial charge in [0.05, 0.1) is 0 Å². The molecule has 0 saturated heterocycles. The summed E-state index contributed by atoms with van der Waals surface area (Å²) < 4.78 is 0.826. The largest absolute Gasteiger partial charge is 0.103 e. The molecule has 0 spiro atoms. The molecule has 0 radical (unpaired) electrons. The first-order valence-electron chi connectivity index (χ1n) is 3.02. The van der Waals surface area contributed by atoms with Gasteiger partial charge < -0.3 is 0 Å². The lowest BCUT2D eigenvalue weighted by Gasteiger charge is -1.97. The number of unbranched alkanes of at least 4 members (excludes halogenated alkanes) is 1. The van der Waals surface area contributed by atoms with Crippen molar-refractivity contribution < 1.29 is 0 Å². The van der Waals surface area contributed by atoms with Gasteiger partial charge in [-0.1, -0.05) is 35.6 Å². The van der Waals surface area contributed by atoms with Gasteiger partial charge in [-0.15, -0.1) is 6.58 Å². The predicted octanol–water partition coefficient (Wildman–Crippen LogP) is 3.17. The van der Waals surface area contributed by atoms with E-state index in [0.717, 1.165) is 3.92 Å². The molecular formula is C7H13I. The summed E-state index contributed by atoms with van der Waals surface area (Å²) in [5, 5.41) is 0. The summed E-state index contributed by atoms with van der Waals surface area (Å²) in [4.78, 5) is 0. The van der Waals surface area contributed by atoms with Crippen molar-refractivity contribution in [2.75, 3.05) is 0 Å². The highest BCUT2D eigenvalue weighted by Gasteiger charge is 1.91. The SMILES string of the molecule is C=CCCCC(C)I. The van der Waals surface area contributed by atoms with Crippen LogP contribution in [0.4, 0.5) is 0 Å². The normalized spacial score (nSPS) is 13.2. The monoisotopic (exact) mass is 224 g/mol. The van der Waals surface area contributed by atoms with E-state index < -0.39 is 0 Å². The molecule has 0 nitrogen and oxygen atoms in total. The first kappa shape index (κ1) is 8.47. The molecule has 0 aromatic heterocycles. The molecule has 48 valence electrons. The molecule has 0 fully saturated rings. The summed E-state index contributed by atoms with van der Waals surface area (Å²) >= 11 is 2.45. The molecular weight excluding hydrogens is 211 g/mol. The van der Waals surface area contributed by atoms with Gasteiger partial charge in [-0.3, -0.25) is 0 Å². The number of alkyl halides is 1. The lowest BCUT2D eigenvalue weighted by molar-refractivity contribution is 0.758.